The summed E-state index contributed by atoms with van der Waals surface area (Å²) in [5.74, 6) is 0. The van der Waals surface area contributed by atoms with Crippen molar-refractivity contribution in [3.63, 3.8) is 0 Å². The van der Waals surface area contributed by atoms with Crippen molar-refractivity contribution in [3.05, 3.63) is 29.8 Å². The summed E-state index contributed by atoms with van der Waals surface area (Å²) in [6, 6.07) is 4.69. The van der Waals surface area contributed by atoms with Gasteiger partial charge in [0.25, 0.3) is 10.0 Å². The summed E-state index contributed by atoms with van der Waals surface area (Å²) in [5.41, 5.74) is -5.05. The molecule has 0 aromatic heterocycles. The van der Waals surface area contributed by atoms with Crippen LogP contribution in [0, 0.1) is 0 Å². The number of benzene rings is 1. The summed E-state index contributed by atoms with van der Waals surface area (Å²) in [4.78, 5) is -0.588. The van der Waals surface area contributed by atoms with Crippen LogP contribution in [-0.2, 0) is 24.8 Å². The molecule has 0 spiro atoms. The average Bonchev–Trinajstić information content (AvgIpc) is 3.10. The van der Waals surface area contributed by atoms with Gasteiger partial charge in [-0.3, -0.25) is 0 Å². The fourth-order valence-corrected chi connectivity index (χ4v) is 3.75. The Morgan fingerprint density at radius 3 is 2.00 bits per heavy atom. The van der Waals surface area contributed by atoms with Gasteiger partial charge in [-0.2, -0.15) is 13.2 Å². The van der Waals surface area contributed by atoms with Crippen molar-refractivity contribution in [3.8, 4) is 0 Å². The third kappa shape index (κ3) is 3.11. The zero-order chi connectivity index (χ0) is 15.2. The lowest BCUT2D eigenvalue weighted by Crippen LogP contribution is -2.40. The van der Waals surface area contributed by atoms with Gasteiger partial charge >= 0.3 is 15.5 Å². The molecule has 1 aliphatic heterocycles. The maximum absolute atomic E-state index is 12.1. The van der Waals surface area contributed by atoms with Gasteiger partial charge in [0, 0.05) is 0 Å². The van der Waals surface area contributed by atoms with E-state index in [4.69, 9.17) is 4.74 Å². The number of alkyl halides is 3. The van der Waals surface area contributed by atoms with Gasteiger partial charge < -0.3 is 4.74 Å². The lowest BCUT2D eigenvalue weighted by atomic mass is 10.2. The lowest BCUT2D eigenvalue weighted by molar-refractivity contribution is -0.0441. The van der Waals surface area contributed by atoms with Crippen molar-refractivity contribution in [1.29, 1.82) is 0 Å². The molecule has 1 aromatic carbocycles. The molecule has 20 heavy (non-hydrogen) atoms. The molecule has 0 bridgehead atoms. The van der Waals surface area contributed by atoms with E-state index in [9.17, 15) is 30.0 Å². The summed E-state index contributed by atoms with van der Waals surface area (Å²) >= 11 is 0. The molecule has 1 atom stereocenters. The minimum Gasteiger partial charge on any atom is -0.368 e. The van der Waals surface area contributed by atoms with Crippen LogP contribution in [0.4, 0.5) is 13.2 Å². The Kier molecular flexibility index (Phi) is 3.57. The minimum absolute atomic E-state index is 0.154. The highest BCUT2D eigenvalue weighted by atomic mass is 32.3. The predicted octanol–water partition coefficient (Wildman–Crippen LogP) is 0.886. The first kappa shape index (κ1) is 15.2. The SMILES string of the molecule is O=S(=O)(NS(=O)(=O)C(F)(F)F)c1ccc(C2CO2)cc1. The van der Waals surface area contributed by atoms with E-state index in [1.54, 1.807) is 0 Å². The smallest absolute Gasteiger partial charge is 0.368 e. The van der Waals surface area contributed by atoms with Gasteiger partial charge in [-0.05, 0) is 17.7 Å². The number of epoxide rings is 1. The molecule has 0 amide bonds. The van der Waals surface area contributed by atoms with Crippen molar-refractivity contribution < 1.29 is 34.7 Å². The highest BCUT2D eigenvalue weighted by Crippen LogP contribution is 2.30. The first-order valence-corrected chi connectivity index (χ1v) is 8.06. The molecule has 11 heteroatoms. The number of ether oxygens (including phenoxy) is 1. The van der Waals surface area contributed by atoms with Crippen LogP contribution in [0.15, 0.2) is 29.2 Å². The Balaban J connectivity index is 2.26. The topological polar surface area (TPSA) is 92.8 Å². The summed E-state index contributed by atoms with van der Waals surface area (Å²) in [6.45, 7) is 0.479. The van der Waals surface area contributed by atoms with Crippen LogP contribution in [0.3, 0.4) is 0 Å². The second-order valence-corrected chi connectivity index (χ2v) is 7.54. The summed E-state index contributed by atoms with van der Waals surface area (Å²) in [7, 11) is -10.8. The van der Waals surface area contributed by atoms with E-state index < -0.39 is 30.5 Å². The van der Waals surface area contributed by atoms with Gasteiger partial charge in [-0.25, -0.2) is 16.8 Å². The predicted molar refractivity (Wildman–Crippen MR) is 60.4 cm³/mol. The van der Waals surface area contributed by atoms with Gasteiger partial charge in [-0.1, -0.05) is 16.3 Å². The quantitative estimate of drug-likeness (QED) is 0.827. The van der Waals surface area contributed by atoms with Gasteiger partial charge in [0.05, 0.1) is 11.5 Å². The Morgan fingerprint density at radius 2 is 1.60 bits per heavy atom. The van der Waals surface area contributed by atoms with Gasteiger partial charge in [0.1, 0.15) is 6.10 Å². The fourth-order valence-electron chi connectivity index (χ4n) is 1.34. The number of hydrogen-bond donors (Lipinski definition) is 1. The van der Waals surface area contributed by atoms with Crippen molar-refractivity contribution in [1.82, 2.24) is 4.13 Å². The maximum atomic E-state index is 12.1. The molecule has 1 aliphatic rings. The van der Waals surface area contributed by atoms with Gasteiger partial charge in [0.2, 0.25) is 0 Å². The molecule has 1 fully saturated rings. The van der Waals surface area contributed by atoms with Gasteiger partial charge in [0.15, 0.2) is 0 Å². The largest absolute Gasteiger partial charge is 0.512 e. The number of sulfonamides is 2. The molecule has 1 N–H and O–H groups in total. The molecule has 112 valence electrons. The van der Waals surface area contributed by atoms with Crippen molar-refractivity contribution in [2.24, 2.45) is 0 Å². The second kappa shape index (κ2) is 4.69. The van der Waals surface area contributed by atoms with Crippen molar-refractivity contribution >= 4 is 20.0 Å². The number of halogens is 3. The van der Waals surface area contributed by atoms with E-state index in [-0.39, 0.29) is 6.10 Å². The molecule has 1 aromatic rings. The molecule has 1 unspecified atom stereocenters. The van der Waals surface area contributed by atoms with Crippen LogP contribution in [0.5, 0.6) is 0 Å². The highest BCUT2D eigenvalue weighted by Gasteiger charge is 2.48. The van der Waals surface area contributed by atoms with Crippen molar-refractivity contribution in [2.45, 2.75) is 16.5 Å². The number of hydrogen-bond acceptors (Lipinski definition) is 5. The van der Waals surface area contributed by atoms with Gasteiger partial charge in [-0.15, -0.1) is 0 Å². The lowest BCUT2D eigenvalue weighted by Gasteiger charge is -2.10. The molecular weight excluding hydrogens is 323 g/mol. The van der Waals surface area contributed by atoms with Crippen LogP contribution < -0.4 is 4.13 Å². The summed E-state index contributed by atoms with van der Waals surface area (Å²) in [5, 5.41) is 0. The van der Waals surface area contributed by atoms with Crippen LogP contribution in [0.2, 0.25) is 0 Å². The number of nitrogens with one attached hydrogen (secondary N) is 1. The van der Waals surface area contributed by atoms with Crippen LogP contribution in [-0.4, -0.2) is 29.0 Å². The third-order valence-electron chi connectivity index (χ3n) is 2.42. The van der Waals surface area contributed by atoms with E-state index >= 15 is 0 Å². The number of rotatable bonds is 4. The molecular formula is C9H8F3NO5S2. The van der Waals surface area contributed by atoms with E-state index in [0.717, 1.165) is 12.1 Å². The van der Waals surface area contributed by atoms with E-state index in [1.807, 2.05) is 0 Å². The van der Waals surface area contributed by atoms with E-state index in [0.29, 0.717) is 16.3 Å². The second-order valence-electron chi connectivity index (χ2n) is 3.93. The minimum atomic E-state index is -5.98. The Morgan fingerprint density at radius 1 is 1.10 bits per heavy atom. The standard InChI is InChI=1S/C9H8F3NO5S2/c10-9(11,12)20(16,17)13-19(14,15)7-3-1-6(2-4-7)8-5-18-8/h1-4,8,13H,5H2. The summed E-state index contributed by atoms with van der Waals surface area (Å²) in [6.07, 6.45) is -0.154. The fraction of sp³-hybridized carbons (Fsp3) is 0.333. The van der Waals surface area contributed by atoms with Crippen LogP contribution >= 0.6 is 0 Å². The van der Waals surface area contributed by atoms with Crippen LogP contribution in [0.25, 0.3) is 0 Å². The Hall–Kier alpha value is -1.17. The molecule has 1 saturated heterocycles. The molecule has 0 saturated carbocycles. The molecule has 2 rings (SSSR count). The van der Waals surface area contributed by atoms with E-state index in [2.05, 4.69) is 0 Å². The summed E-state index contributed by atoms with van der Waals surface area (Å²) < 4.78 is 86.7. The normalized spacial score (nSPS) is 19.9. The average molecular weight is 331 g/mol. The molecule has 0 radical (unpaired) electrons. The third-order valence-corrected chi connectivity index (χ3v) is 5.68. The first-order chi connectivity index (χ1) is 9.03. The highest BCUT2D eigenvalue weighted by molar-refractivity contribution is 8.05. The zero-order valence-corrected chi connectivity index (χ0v) is 11.2. The molecule has 0 aliphatic carbocycles. The van der Waals surface area contributed by atoms with Crippen molar-refractivity contribution in [2.75, 3.05) is 6.61 Å². The Labute approximate surface area is 112 Å². The zero-order valence-electron chi connectivity index (χ0n) is 9.59. The van der Waals surface area contributed by atoms with E-state index in [1.165, 1.54) is 12.1 Å². The molecule has 1 heterocycles. The first-order valence-electron chi connectivity index (χ1n) is 5.09. The monoisotopic (exact) mass is 331 g/mol. The maximum Gasteiger partial charge on any atom is 0.512 e. The van der Waals surface area contributed by atoms with Crippen LogP contribution in [0.1, 0.15) is 11.7 Å². The Bertz CT molecular complexity index is 705. The molecule has 6 nitrogen and oxygen atoms in total.